The monoisotopic (exact) mass is 281 g/mol. The molecule has 0 bridgehead atoms. The zero-order valence-electron chi connectivity index (χ0n) is 9.91. The normalized spacial score (nSPS) is 10.4. The Morgan fingerprint density at radius 2 is 1.67 bits per heavy atom. The fourth-order valence-corrected chi connectivity index (χ4v) is 1.94. The van der Waals surface area contributed by atoms with Gasteiger partial charge in [0.05, 0.1) is 0 Å². The molecule has 2 N–H and O–H groups in total. The minimum Gasteiger partial charge on any atom is -0.457 e. The summed E-state index contributed by atoms with van der Waals surface area (Å²) in [6.07, 6.45) is 0. The van der Waals surface area contributed by atoms with Crippen molar-refractivity contribution in [3.8, 4) is 11.5 Å². The van der Waals surface area contributed by atoms with Crippen LogP contribution >= 0.6 is 23.2 Å². The van der Waals surface area contributed by atoms with E-state index in [0.717, 1.165) is 21.9 Å². The molecule has 0 amide bonds. The average Bonchev–Trinajstić information content (AvgIpc) is 2.34. The van der Waals surface area contributed by atoms with Gasteiger partial charge >= 0.3 is 0 Å². The Balaban J connectivity index is 2.23. The summed E-state index contributed by atoms with van der Waals surface area (Å²) in [5, 5.41) is 1.33. The number of nitrogens with two attached hydrogens (primary N) is 1. The van der Waals surface area contributed by atoms with E-state index in [9.17, 15) is 0 Å². The first-order chi connectivity index (χ1) is 8.60. The molecule has 4 heteroatoms. The lowest BCUT2D eigenvalue weighted by atomic mass is 10.2. The molecule has 0 unspecified atom stereocenters. The molecule has 2 nitrogen and oxygen atoms in total. The van der Waals surface area contributed by atoms with Crippen LogP contribution in [0.3, 0.4) is 0 Å². The Morgan fingerprint density at radius 1 is 1.00 bits per heavy atom. The average molecular weight is 282 g/mol. The highest BCUT2D eigenvalue weighted by Gasteiger charge is 2.04. The van der Waals surface area contributed by atoms with E-state index in [1.807, 2.05) is 37.3 Å². The smallest absolute Gasteiger partial charge is 0.128 e. The number of rotatable bonds is 3. The van der Waals surface area contributed by atoms with Gasteiger partial charge in [0.2, 0.25) is 0 Å². The third-order valence-corrected chi connectivity index (χ3v) is 3.39. The molecule has 0 aliphatic rings. The van der Waals surface area contributed by atoms with Gasteiger partial charge in [0.25, 0.3) is 0 Å². The number of benzene rings is 2. The highest BCUT2D eigenvalue weighted by atomic mass is 35.5. The minimum absolute atomic E-state index is 0.416. The second kappa shape index (κ2) is 5.61. The van der Waals surface area contributed by atoms with Gasteiger partial charge in [0, 0.05) is 16.6 Å². The number of hydrogen-bond donors (Lipinski definition) is 1. The Morgan fingerprint density at radius 3 is 2.28 bits per heavy atom. The summed E-state index contributed by atoms with van der Waals surface area (Å²) in [5.41, 5.74) is 7.42. The molecule has 0 heterocycles. The predicted octanol–water partition coefficient (Wildman–Crippen LogP) is 4.55. The van der Waals surface area contributed by atoms with Crippen LogP contribution in [0.25, 0.3) is 0 Å². The second-order valence-electron chi connectivity index (χ2n) is 3.97. The lowest BCUT2D eigenvalue weighted by Crippen LogP contribution is -1.97. The largest absolute Gasteiger partial charge is 0.457 e. The summed E-state index contributed by atoms with van der Waals surface area (Å²) >= 11 is 12.0. The third-order valence-electron chi connectivity index (χ3n) is 2.61. The maximum Gasteiger partial charge on any atom is 0.128 e. The van der Waals surface area contributed by atoms with Crippen molar-refractivity contribution in [1.29, 1.82) is 0 Å². The summed E-state index contributed by atoms with van der Waals surface area (Å²) in [4.78, 5) is 0. The highest BCUT2D eigenvalue weighted by Crippen LogP contribution is 2.28. The Bertz CT molecular complexity index is 570. The molecule has 2 aromatic rings. The first kappa shape index (κ1) is 13.2. The van der Waals surface area contributed by atoms with Crippen LogP contribution in [0.2, 0.25) is 10.0 Å². The van der Waals surface area contributed by atoms with E-state index in [-0.39, 0.29) is 0 Å². The summed E-state index contributed by atoms with van der Waals surface area (Å²) in [5.74, 6) is 1.41. The molecule has 0 aliphatic carbocycles. The van der Waals surface area contributed by atoms with E-state index in [4.69, 9.17) is 33.7 Å². The highest BCUT2D eigenvalue weighted by molar-refractivity contribution is 6.31. The molecule has 0 fully saturated rings. The van der Waals surface area contributed by atoms with Crippen molar-refractivity contribution in [3.63, 3.8) is 0 Å². The molecular formula is C14H13Cl2NO. The fraction of sp³-hybridized carbons (Fsp3) is 0.143. The van der Waals surface area contributed by atoms with Gasteiger partial charge in [0.1, 0.15) is 11.5 Å². The molecule has 94 valence electrons. The van der Waals surface area contributed by atoms with E-state index in [1.54, 1.807) is 6.07 Å². The summed E-state index contributed by atoms with van der Waals surface area (Å²) < 4.78 is 5.71. The summed E-state index contributed by atoms with van der Waals surface area (Å²) in [7, 11) is 0. The Kier molecular flexibility index (Phi) is 4.12. The lowest BCUT2D eigenvalue weighted by Gasteiger charge is -2.09. The van der Waals surface area contributed by atoms with Gasteiger partial charge in [-0.05, 0) is 48.4 Å². The third kappa shape index (κ3) is 2.96. The van der Waals surface area contributed by atoms with Crippen LogP contribution in [0.15, 0.2) is 36.4 Å². The van der Waals surface area contributed by atoms with Crippen molar-refractivity contribution in [3.05, 3.63) is 57.6 Å². The molecule has 0 spiro atoms. The van der Waals surface area contributed by atoms with Crippen molar-refractivity contribution in [1.82, 2.24) is 0 Å². The lowest BCUT2D eigenvalue weighted by molar-refractivity contribution is 0.482. The molecular weight excluding hydrogens is 269 g/mol. The number of aryl methyl sites for hydroxylation is 1. The van der Waals surface area contributed by atoms with Gasteiger partial charge in [0.15, 0.2) is 0 Å². The van der Waals surface area contributed by atoms with E-state index < -0.39 is 0 Å². The number of halogens is 2. The first-order valence-corrected chi connectivity index (χ1v) is 6.28. The summed E-state index contributed by atoms with van der Waals surface area (Å²) in [6, 6.07) is 11.0. The Hall–Kier alpha value is -1.22. The molecule has 0 saturated heterocycles. The van der Waals surface area contributed by atoms with Crippen LogP contribution in [0.1, 0.15) is 11.1 Å². The van der Waals surface area contributed by atoms with Crippen molar-refractivity contribution in [2.45, 2.75) is 13.5 Å². The molecule has 0 radical (unpaired) electrons. The molecule has 18 heavy (non-hydrogen) atoms. The van der Waals surface area contributed by atoms with Crippen LogP contribution in [0.4, 0.5) is 0 Å². The van der Waals surface area contributed by atoms with Gasteiger partial charge in [-0.25, -0.2) is 0 Å². The molecule has 0 atom stereocenters. The van der Waals surface area contributed by atoms with Crippen LogP contribution in [0, 0.1) is 6.92 Å². The van der Waals surface area contributed by atoms with Gasteiger partial charge < -0.3 is 10.5 Å². The van der Waals surface area contributed by atoms with E-state index in [2.05, 4.69) is 0 Å². The summed E-state index contributed by atoms with van der Waals surface area (Å²) in [6.45, 7) is 2.35. The topological polar surface area (TPSA) is 35.2 Å². The molecule has 0 aromatic heterocycles. The predicted molar refractivity (Wildman–Crippen MR) is 75.6 cm³/mol. The van der Waals surface area contributed by atoms with Crippen molar-refractivity contribution in [2.75, 3.05) is 0 Å². The molecule has 0 saturated carbocycles. The molecule has 2 rings (SSSR count). The van der Waals surface area contributed by atoms with Gasteiger partial charge in [-0.3, -0.25) is 0 Å². The minimum atomic E-state index is 0.416. The van der Waals surface area contributed by atoms with E-state index in [1.165, 1.54) is 0 Å². The first-order valence-electron chi connectivity index (χ1n) is 5.52. The van der Waals surface area contributed by atoms with Crippen molar-refractivity contribution >= 4 is 23.2 Å². The Labute approximate surface area is 116 Å². The second-order valence-corrected chi connectivity index (χ2v) is 4.78. The van der Waals surface area contributed by atoms with Gasteiger partial charge in [-0.2, -0.15) is 0 Å². The molecule has 2 aromatic carbocycles. The maximum atomic E-state index is 6.07. The van der Waals surface area contributed by atoms with Gasteiger partial charge in [-0.15, -0.1) is 0 Å². The maximum absolute atomic E-state index is 6.07. The van der Waals surface area contributed by atoms with Crippen molar-refractivity contribution < 1.29 is 4.74 Å². The van der Waals surface area contributed by atoms with Crippen LogP contribution < -0.4 is 10.5 Å². The van der Waals surface area contributed by atoms with E-state index >= 15 is 0 Å². The van der Waals surface area contributed by atoms with Crippen molar-refractivity contribution in [2.24, 2.45) is 5.73 Å². The number of ether oxygens (including phenoxy) is 1. The SMILES string of the molecule is Cc1cc(Oc2ccc(CN)c(Cl)c2)ccc1Cl. The van der Waals surface area contributed by atoms with Crippen LogP contribution in [-0.2, 0) is 6.54 Å². The van der Waals surface area contributed by atoms with Gasteiger partial charge in [-0.1, -0.05) is 29.3 Å². The van der Waals surface area contributed by atoms with Crippen LogP contribution in [-0.4, -0.2) is 0 Å². The zero-order valence-corrected chi connectivity index (χ0v) is 11.4. The van der Waals surface area contributed by atoms with Crippen LogP contribution in [0.5, 0.6) is 11.5 Å². The molecule has 0 aliphatic heterocycles. The quantitative estimate of drug-likeness (QED) is 0.896. The van der Waals surface area contributed by atoms with E-state index in [0.29, 0.717) is 17.3 Å². The standard InChI is InChI=1S/C14H13Cl2NO/c1-9-6-11(4-5-13(9)15)18-12-3-2-10(8-17)14(16)7-12/h2-7H,8,17H2,1H3. The number of hydrogen-bond acceptors (Lipinski definition) is 2. The zero-order chi connectivity index (χ0) is 13.1. The fourth-order valence-electron chi connectivity index (χ4n) is 1.57.